The van der Waals surface area contributed by atoms with Gasteiger partial charge in [-0.25, -0.2) is 14.8 Å². The number of nitrogens with one attached hydrogen (secondary N) is 1. The van der Waals surface area contributed by atoms with Gasteiger partial charge in [0.25, 0.3) is 0 Å². The van der Waals surface area contributed by atoms with E-state index >= 15 is 0 Å². The molecule has 6 nitrogen and oxygen atoms in total. The van der Waals surface area contributed by atoms with Crippen LogP contribution < -0.4 is 5.32 Å². The van der Waals surface area contributed by atoms with Gasteiger partial charge in [0.15, 0.2) is 0 Å². The molecule has 0 bridgehead atoms. The summed E-state index contributed by atoms with van der Waals surface area (Å²) in [5.74, 6) is -1.00. The standard InChI is InChI=1S/C11H15N3O3/c1-7-9(2-3-17-7)13-5-10-8(11(15)16)4-12-6-14-10/h4,6-7,9,13H,2-3,5H2,1H3,(H,15,16). The van der Waals surface area contributed by atoms with E-state index in [0.29, 0.717) is 12.2 Å². The molecule has 1 aliphatic rings. The van der Waals surface area contributed by atoms with Gasteiger partial charge in [0.2, 0.25) is 0 Å². The molecule has 1 aliphatic heterocycles. The van der Waals surface area contributed by atoms with Crippen LogP contribution in [0.2, 0.25) is 0 Å². The fourth-order valence-electron chi connectivity index (χ4n) is 1.90. The number of ether oxygens (including phenoxy) is 1. The summed E-state index contributed by atoms with van der Waals surface area (Å²) in [6.45, 7) is 3.17. The van der Waals surface area contributed by atoms with E-state index in [1.165, 1.54) is 12.5 Å². The first-order valence-electron chi connectivity index (χ1n) is 5.55. The molecule has 0 amide bonds. The highest BCUT2D eigenvalue weighted by Crippen LogP contribution is 2.13. The lowest BCUT2D eigenvalue weighted by Gasteiger charge is -2.16. The number of aromatic carboxylic acids is 1. The van der Waals surface area contributed by atoms with Crippen LogP contribution in [0.15, 0.2) is 12.5 Å². The van der Waals surface area contributed by atoms with Gasteiger partial charge in [-0.05, 0) is 13.3 Å². The summed E-state index contributed by atoms with van der Waals surface area (Å²) >= 11 is 0. The predicted octanol–water partition coefficient (Wildman–Crippen LogP) is 0.442. The Hall–Kier alpha value is -1.53. The Morgan fingerprint density at radius 3 is 3.18 bits per heavy atom. The van der Waals surface area contributed by atoms with E-state index in [4.69, 9.17) is 9.84 Å². The van der Waals surface area contributed by atoms with Crippen LogP contribution in [0.4, 0.5) is 0 Å². The maximum Gasteiger partial charge on any atom is 0.339 e. The van der Waals surface area contributed by atoms with Crippen molar-refractivity contribution in [3.05, 3.63) is 23.8 Å². The fraction of sp³-hybridized carbons (Fsp3) is 0.545. The smallest absolute Gasteiger partial charge is 0.339 e. The highest BCUT2D eigenvalue weighted by molar-refractivity contribution is 5.88. The third-order valence-corrected chi connectivity index (χ3v) is 2.93. The lowest BCUT2D eigenvalue weighted by atomic mass is 10.1. The Balaban J connectivity index is 2.01. The second-order valence-corrected chi connectivity index (χ2v) is 4.04. The number of carbonyl (C=O) groups is 1. The molecule has 2 rings (SSSR count). The van der Waals surface area contributed by atoms with Crippen molar-refractivity contribution in [2.45, 2.75) is 32.0 Å². The van der Waals surface area contributed by atoms with Crippen LogP contribution in [-0.4, -0.2) is 39.8 Å². The average Bonchev–Trinajstić information content (AvgIpc) is 2.72. The lowest BCUT2D eigenvalue weighted by molar-refractivity contribution is 0.0694. The number of carboxylic acids is 1. The molecule has 6 heteroatoms. The van der Waals surface area contributed by atoms with Crippen LogP contribution in [-0.2, 0) is 11.3 Å². The van der Waals surface area contributed by atoms with E-state index in [1.807, 2.05) is 6.92 Å². The molecule has 0 spiro atoms. The van der Waals surface area contributed by atoms with Crippen LogP contribution in [0.3, 0.4) is 0 Å². The maximum atomic E-state index is 10.9. The molecule has 0 aliphatic carbocycles. The molecule has 92 valence electrons. The zero-order valence-electron chi connectivity index (χ0n) is 9.59. The fourth-order valence-corrected chi connectivity index (χ4v) is 1.90. The Kier molecular flexibility index (Phi) is 3.65. The highest BCUT2D eigenvalue weighted by Gasteiger charge is 2.24. The summed E-state index contributed by atoms with van der Waals surface area (Å²) in [5.41, 5.74) is 0.651. The summed E-state index contributed by atoms with van der Waals surface area (Å²) in [5, 5.41) is 12.2. The van der Waals surface area contributed by atoms with Gasteiger partial charge in [-0.2, -0.15) is 0 Å². The molecule has 17 heavy (non-hydrogen) atoms. The molecule has 0 saturated carbocycles. The quantitative estimate of drug-likeness (QED) is 0.790. The second-order valence-electron chi connectivity index (χ2n) is 4.04. The van der Waals surface area contributed by atoms with Crippen LogP contribution in [0, 0.1) is 0 Å². The van der Waals surface area contributed by atoms with Crippen molar-refractivity contribution in [1.82, 2.24) is 15.3 Å². The molecule has 2 unspecified atom stereocenters. The van der Waals surface area contributed by atoms with E-state index < -0.39 is 5.97 Å². The number of hydrogen-bond donors (Lipinski definition) is 2. The summed E-state index contributed by atoms with van der Waals surface area (Å²) in [6, 6.07) is 0.256. The largest absolute Gasteiger partial charge is 0.478 e. The van der Waals surface area contributed by atoms with Crippen molar-refractivity contribution in [3.8, 4) is 0 Å². The summed E-state index contributed by atoms with van der Waals surface area (Å²) < 4.78 is 5.42. The number of hydrogen-bond acceptors (Lipinski definition) is 5. The van der Waals surface area contributed by atoms with E-state index in [-0.39, 0.29) is 17.7 Å². The van der Waals surface area contributed by atoms with Gasteiger partial charge in [-0.1, -0.05) is 0 Å². The Labute approximate surface area is 99.0 Å². The molecule has 2 atom stereocenters. The Morgan fingerprint density at radius 1 is 1.71 bits per heavy atom. The monoisotopic (exact) mass is 237 g/mol. The topological polar surface area (TPSA) is 84.3 Å². The SMILES string of the molecule is CC1OCCC1NCc1ncncc1C(=O)O. The van der Waals surface area contributed by atoms with Crippen molar-refractivity contribution >= 4 is 5.97 Å². The average molecular weight is 237 g/mol. The van der Waals surface area contributed by atoms with Crippen LogP contribution in [0.5, 0.6) is 0 Å². The lowest BCUT2D eigenvalue weighted by Crippen LogP contribution is -2.34. The van der Waals surface area contributed by atoms with Gasteiger partial charge < -0.3 is 15.2 Å². The zero-order chi connectivity index (χ0) is 12.3. The van der Waals surface area contributed by atoms with Crippen molar-refractivity contribution in [2.75, 3.05) is 6.61 Å². The van der Waals surface area contributed by atoms with Crippen molar-refractivity contribution in [3.63, 3.8) is 0 Å². The maximum absolute atomic E-state index is 10.9. The van der Waals surface area contributed by atoms with E-state index in [9.17, 15) is 4.79 Å². The summed E-state index contributed by atoms with van der Waals surface area (Å²) in [4.78, 5) is 18.7. The predicted molar refractivity (Wildman–Crippen MR) is 59.7 cm³/mol. The van der Waals surface area contributed by atoms with Gasteiger partial charge in [0.1, 0.15) is 11.9 Å². The van der Waals surface area contributed by atoms with E-state index in [0.717, 1.165) is 13.0 Å². The minimum absolute atomic E-state index is 0.145. The first kappa shape index (κ1) is 11.9. The highest BCUT2D eigenvalue weighted by atomic mass is 16.5. The summed E-state index contributed by atoms with van der Waals surface area (Å²) in [7, 11) is 0. The van der Waals surface area contributed by atoms with Crippen LogP contribution in [0.1, 0.15) is 29.4 Å². The molecule has 1 saturated heterocycles. The molecular formula is C11H15N3O3. The Morgan fingerprint density at radius 2 is 2.53 bits per heavy atom. The molecule has 0 aromatic carbocycles. The molecule has 2 N–H and O–H groups in total. The Bertz CT molecular complexity index is 411. The minimum atomic E-state index is -1.00. The summed E-state index contributed by atoms with van der Waals surface area (Å²) in [6.07, 6.45) is 3.78. The van der Waals surface area contributed by atoms with Crippen molar-refractivity contribution < 1.29 is 14.6 Å². The molecule has 1 fully saturated rings. The number of nitrogens with zero attached hydrogens (tertiary/aromatic N) is 2. The number of carboxylic acid groups (broad SMARTS) is 1. The normalized spacial score (nSPS) is 23.8. The molecule has 1 aromatic heterocycles. The van der Waals surface area contributed by atoms with Gasteiger partial charge in [-0.3, -0.25) is 0 Å². The van der Waals surface area contributed by atoms with Gasteiger partial charge in [0, 0.05) is 25.4 Å². The third kappa shape index (κ3) is 2.78. The molecular weight excluding hydrogens is 222 g/mol. The zero-order valence-corrected chi connectivity index (χ0v) is 9.59. The van der Waals surface area contributed by atoms with Gasteiger partial charge in [-0.15, -0.1) is 0 Å². The van der Waals surface area contributed by atoms with E-state index in [1.54, 1.807) is 0 Å². The van der Waals surface area contributed by atoms with Crippen molar-refractivity contribution in [2.24, 2.45) is 0 Å². The van der Waals surface area contributed by atoms with Crippen molar-refractivity contribution in [1.29, 1.82) is 0 Å². The van der Waals surface area contributed by atoms with E-state index in [2.05, 4.69) is 15.3 Å². The minimum Gasteiger partial charge on any atom is -0.478 e. The third-order valence-electron chi connectivity index (χ3n) is 2.93. The number of rotatable bonds is 4. The van der Waals surface area contributed by atoms with Crippen LogP contribution in [0.25, 0.3) is 0 Å². The number of aromatic nitrogens is 2. The van der Waals surface area contributed by atoms with Crippen LogP contribution >= 0.6 is 0 Å². The molecule has 2 heterocycles. The first-order chi connectivity index (χ1) is 8.18. The first-order valence-corrected chi connectivity index (χ1v) is 5.55. The van der Waals surface area contributed by atoms with Gasteiger partial charge in [0.05, 0.1) is 11.8 Å². The molecule has 1 aromatic rings. The second kappa shape index (κ2) is 5.20. The van der Waals surface area contributed by atoms with Gasteiger partial charge >= 0.3 is 5.97 Å². The molecule has 0 radical (unpaired) electrons.